The van der Waals surface area contributed by atoms with Crippen molar-refractivity contribution in [1.29, 1.82) is 0 Å². The molecule has 17 heavy (non-hydrogen) atoms. The van der Waals surface area contributed by atoms with Crippen LogP contribution in [0.2, 0.25) is 0 Å². The van der Waals surface area contributed by atoms with Crippen molar-refractivity contribution in [2.24, 2.45) is 5.92 Å². The molecule has 0 amide bonds. The molecule has 2 aliphatic rings. The molecule has 2 fully saturated rings. The lowest BCUT2D eigenvalue weighted by atomic mass is 9.98. The summed E-state index contributed by atoms with van der Waals surface area (Å²) in [6, 6.07) is 1.72. The van der Waals surface area contributed by atoms with Crippen LogP contribution in [-0.2, 0) is 0 Å². The van der Waals surface area contributed by atoms with E-state index < -0.39 is 0 Å². The zero-order valence-electron chi connectivity index (χ0n) is 11.8. The fraction of sp³-hybridized carbons (Fsp3) is 1.00. The van der Waals surface area contributed by atoms with Crippen molar-refractivity contribution in [2.45, 2.75) is 70.4 Å². The molecule has 0 saturated heterocycles. The van der Waals surface area contributed by atoms with Gasteiger partial charge < -0.3 is 10.2 Å². The van der Waals surface area contributed by atoms with Crippen LogP contribution in [0.3, 0.4) is 0 Å². The second kappa shape index (κ2) is 6.75. The predicted molar refractivity (Wildman–Crippen MR) is 74.3 cm³/mol. The quantitative estimate of drug-likeness (QED) is 0.716. The molecular weight excluding hydrogens is 208 g/mol. The first-order valence-electron chi connectivity index (χ1n) is 7.73. The van der Waals surface area contributed by atoms with E-state index in [4.69, 9.17) is 0 Å². The zero-order chi connectivity index (χ0) is 12.1. The SMILES string of the molecule is CCC1CCCC(NCCN(C)C2CC2)CC1. The third kappa shape index (κ3) is 4.59. The van der Waals surface area contributed by atoms with E-state index in [0.717, 1.165) is 18.0 Å². The van der Waals surface area contributed by atoms with E-state index in [2.05, 4.69) is 24.2 Å². The van der Waals surface area contributed by atoms with Gasteiger partial charge >= 0.3 is 0 Å². The highest BCUT2D eigenvalue weighted by Gasteiger charge is 2.25. The number of hydrogen-bond acceptors (Lipinski definition) is 2. The van der Waals surface area contributed by atoms with Gasteiger partial charge in [-0.3, -0.25) is 0 Å². The van der Waals surface area contributed by atoms with E-state index in [-0.39, 0.29) is 0 Å². The first-order valence-corrected chi connectivity index (χ1v) is 7.73. The van der Waals surface area contributed by atoms with Gasteiger partial charge in [0.2, 0.25) is 0 Å². The van der Waals surface area contributed by atoms with Crippen molar-refractivity contribution in [3.05, 3.63) is 0 Å². The first-order chi connectivity index (χ1) is 8.29. The molecule has 0 radical (unpaired) electrons. The predicted octanol–water partition coefficient (Wildman–Crippen LogP) is 3.03. The second-order valence-electron chi connectivity index (χ2n) is 6.15. The van der Waals surface area contributed by atoms with Crippen LogP contribution in [0.25, 0.3) is 0 Å². The summed E-state index contributed by atoms with van der Waals surface area (Å²) in [6.07, 6.45) is 11.4. The number of nitrogens with zero attached hydrogens (tertiary/aromatic N) is 1. The van der Waals surface area contributed by atoms with Crippen LogP contribution in [-0.4, -0.2) is 37.1 Å². The average molecular weight is 238 g/mol. The van der Waals surface area contributed by atoms with Gasteiger partial charge in [0.15, 0.2) is 0 Å². The van der Waals surface area contributed by atoms with Crippen molar-refractivity contribution < 1.29 is 0 Å². The summed E-state index contributed by atoms with van der Waals surface area (Å²) in [7, 11) is 2.28. The maximum atomic E-state index is 3.78. The van der Waals surface area contributed by atoms with Gasteiger partial charge in [-0.15, -0.1) is 0 Å². The summed E-state index contributed by atoms with van der Waals surface area (Å²) in [5, 5.41) is 3.78. The Balaban J connectivity index is 1.58. The summed E-state index contributed by atoms with van der Waals surface area (Å²) < 4.78 is 0. The molecule has 0 aromatic rings. The Morgan fingerprint density at radius 2 is 1.88 bits per heavy atom. The molecule has 2 unspecified atom stereocenters. The number of likely N-dealkylation sites (N-methyl/N-ethyl adjacent to an activating group) is 1. The minimum atomic E-state index is 0.805. The van der Waals surface area contributed by atoms with Crippen LogP contribution in [0, 0.1) is 5.92 Å². The fourth-order valence-corrected chi connectivity index (χ4v) is 3.13. The molecule has 2 heteroatoms. The summed E-state index contributed by atoms with van der Waals surface area (Å²) in [6.45, 7) is 4.77. The van der Waals surface area contributed by atoms with Gasteiger partial charge in [0, 0.05) is 25.2 Å². The molecule has 1 N–H and O–H groups in total. The lowest BCUT2D eigenvalue weighted by molar-refractivity contribution is 0.309. The number of nitrogens with one attached hydrogen (secondary N) is 1. The van der Waals surface area contributed by atoms with Crippen molar-refractivity contribution in [1.82, 2.24) is 10.2 Å². The first kappa shape index (κ1) is 13.4. The van der Waals surface area contributed by atoms with Gasteiger partial charge in [-0.05, 0) is 45.1 Å². The summed E-state index contributed by atoms with van der Waals surface area (Å²) in [5.41, 5.74) is 0. The van der Waals surface area contributed by atoms with E-state index >= 15 is 0 Å². The van der Waals surface area contributed by atoms with Crippen LogP contribution in [0.15, 0.2) is 0 Å². The molecule has 0 aromatic heterocycles. The van der Waals surface area contributed by atoms with Crippen molar-refractivity contribution in [3.63, 3.8) is 0 Å². The molecule has 0 aromatic carbocycles. The molecule has 0 heterocycles. The molecule has 2 atom stereocenters. The molecule has 0 aliphatic heterocycles. The standard InChI is InChI=1S/C15H30N2/c1-3-13-5-4-6-14(8-7-13)16-11-12-17(2)15-9-10-15/h13-16H,3-12H2,1-2H3. The van der Waals surface area contributed by atoms with Gasteiger partial charge in [0.25, 0.3) is 0 Å². The van der Waals surface area contributed by atoms with Crippen LogP contribution in [0.4, 0.5) is 0 Å². The highest BCUT2D eigenvalue weighted by atomic mass is 15.2. The highest BCUT2D eigenvalue weighted by Crippen LogP contribution is 2.26. The van der Waals surface area contributed by atoms with E-state index in [1.165, 1.54) is 64.5 Å². The topological polar surface area (TPSA) is 15.3 Å². The lowest BCUT2D eigenvalue weighted by Gasteiger charge is -2.20. The maximum absolute atomic E-state index is 3.78. The van der Waals surface area contributed by atoms with Gasteiger partial charge in [-0.1, -0.05) is 26.2 Å². The molecule has 2 saturated carbocycles. The van der Waals surface area contributed by atoms with Crippen molar-refractivity contribution >= 4 is 0 Å². The van der Waals surface area contributed by atoms with Crippen LogP contribution in [0.5, 0.6) is 0 Å². The normalized spacial score (nSPS) is 30.5. The smallest absolute Gasteiger partial charge is 0.0107 e. The van der Waals surface area contributed by atoms with Gasteiger partial charge in [-0.2, -0.15) is 0 Å². The van der Waals surface area contributed by atoms with E-state index in [1.807, 2.05) is 0 Å². The van der Waals surface area contributed by atoms with Crippen LogP contribution >= 0.6 is 0 Å². The third-order valence-corrected chi connectivity index (χ3v) is 4.73. The number of hydrogen-bond donors (Lipinski definition) is 1. The molecule has 2 rings (SSSR count). The third-order valence-electron chi connectivity index (χ3n) is 4.73. The number of rotatable bonds is 6. The molecule has 100 valence electrons. The van der Waals surface area contributed by atoms with E-state index in [0.29, 0.717) is 0 Å². The Bertz CT molecular complexity index is 213. The maximum Gasteiger partial charge on any atom is 0.0107 e. The minimum absolute atomic E-state index is 0.805. The highest BCUT2D eigenvalue weighted by molar-refractivity contribution is 4.83. The van der Waals surface area contributed by atoms with Gasteiger partial charge in [-0.25, -0.2) is 0 Å². The van der Waals surface area contributed by atoms with E-state index in [1.54, 1.807) is 0 Å². The lowest BCUT2D eigenvalue weighted by Crippen LogP contribution is -2.36. The fourth-order valence-electron chi connectivity index (χ4n) is 3.13. The molecular formula is C15H30N2. The van der Waals surface area contributed by atoms with Crippen LogP contribution < -0.4 is 5.32 Å². The van der Waals surface area contributed by atoms with E-state index in [9.17, 15) is 0 Å². The monoisotopic (exact) mass is 238 g/mol. The molecule has 0 spiro atoms. The Hall–Kier alpha value is -0.0800. The zero-order valence-corrected chi connectivity index (χ0v) is 11.8. The Kier molecular flexibility index (Phi) is 5.30. The molecule has 2 aliphatic carbocycles. The van der Waals surface area contributed by atoms with Gasteiger partial charge in [0.05, 0.1) is 0 Å². The van der Waals surface area contributed by atoms with Crippen molar-refractivity contribution in [3.8, 4) is 0 Å². The second-order valence-corrected chi connectivity index (χ2v) is 6.15. The molecule has 0 bridgehead atoms. The Labute approximate surface area is 107 Å². The van der Waals surface area contributed by atoms with Crippen molar-refractivity contribution in [2.75, 3.05) is 20.1 Å². The summed E-state index contributed by atoms with van der Waals surface area (Å²) in [5.74, 6) is 1.01. The summed E-state index contributed by atoms with van der Waals surface area (Å²) >= 11 is 0. The Morgan fingerprint density at radius 1 is 1.06 bits per heavy atom. The largest absolute Gasteiger partial charge is 0.313 e. The minimum Gasteiger partial charge on any atom is -0.313 e. The van der Waals surface area contributed by atoms with Crippen LogP contribution in [0.1, 0.15) is 58.3 Å². The molecule has 2 nitrogen and oxygen atoms in total. The summed E-state index contributed by atoms with van der Waals surface area (Å²) in [4.78, 5) is 2.53. The Morgan fingerprint density at radius 3 is 2.59 bits per heavy atom. The average Bonchev–Trinajstić information content (AvgIpc) is 3.16. The van der Waals surface area contributed by atoms with Gasteiger partial charge in [0.1, 0.15) is 0 Å².